The van der Waals surface area contributed by atoms with E-state index >= 15 is 0 Å². The molecule has 0 bridgehead atoms. The molecule has 134 valence electrons. The van der Waals surface area contributed by atoms with Gasteiger partial charge in [0.05, 0.1) is 18.2 Å². The molecule has 3 aromatic rings. The van der Waals surface area contributed by atoms with Crippen LogP contribution in [-0.4, -0.2) is 13.0 Å². The zero-order chi connectivity index (χ0) is 19.1. The van der Waals surface area contributed by atoms with Crippen LogP contribution in [0.15, 0.2) is 72.8 Å². The van der Waals surface area contributed by atoms with Crippen LogP contribution in [-0.2, 0) is 17.9 Å². The minimum Gasteiger partial charge on any atom is -0.380 e. The van der Waals surface area contributed by atoms with Gasteiger partial charge in [-0.3, -0.25) is 4.79 Å². The minimum absolute atomic E-state index is 0.175. The van der Waals surface area contributed by atoms with E-state index < -0.39 is 0 Å². The van der Waals surface area contributed by atoms with Gasteiger partial charge in [0.15, 0.2) is 0 Å². The van der Waals surface area contributed by atoms with Gasteiger partial charge in [-0.15, -0.1) is 0 Å². The zero-order valence-corrected chi connectivity index (χ0v) is 15.1. The highest BCUT2D eigenvalue weighted by atomic mass is 16.5. The normalized spacial score (nSPS) is 10.2. The lowest BCUT2D eigenvalue weighted by Gasteiger charge is -2.13. The SMILES string of the molecule is COCc1ccccc1CNC(=O)c1ccccc1-c1ccccc1C#N. The maximum Gasteiger partial charge on any atom is 0.252 e. The molecule has 0 fully saturated rings. The Bertz CT molecular complexity index is 989. The number of hydrogen-bond donors (Lipinski definition) is 1. The number of rotatable bonds is 6. The van der Waals surface area contributed by atoms with Gasteiger partial charge in [0.2, 0.25) is 0 Å². The van der Waals surface area contributed by atoms with Crippen molar-refractivity contribution in [3.63, 3.8) is 0 Å². The lowest BCUT2D eigenvalue weighted by Crippen LogP contribution is -2.24. The molecule has 4 nitrogen and oxygen atoms in total. The third-order valence-electron chi connectivity index (χ3n) is 4.37. The van der Waals surface area contributed by atoms with E-state index in [0.29, 0.717) is 24.3 Å². The highest BCUT2D eigenvalue weighted by molar-refractivity contribution is 6.01. The summed E-state index contributed by atoms with van der Waals surface area (Å²) in [5, 5.41) is 12.4. The molecule has 1 N–H and O–H groups in total. The lowest BCUT2D eigenvalue weighted by molar-refractivity contribution is 0.0951. The van der Waals surface area contributed by atoms with Gasteiger partial charge in [0.1, 0.15) is 0 Å². The van der Waals surface area contributed by atoms with Crippen LogP contribution in [0.1, 0.15) is 27.0 Å². The number of nitrogens with one attached hydrogen (secondary N) is 1. The number of carbonyl (C=O) groups excluding carboxylic acids is 1. The Morgan fingerprint density at radius 3 is 2.30 bits per heavy atom. The van der Waals surface area contributed by atoms with Crippen molar-refractivity contribution in [3.05, 3.63) is 95.1 Å². The number of amides is 1. The molecule has 0 atom stereocenters. The number of ether oxygens (including phenoxy) is 1. The first-order valence-corrected chi connectivity index (χ1v) is 8.67. The molecule has 3 rings (SSSR count). The molecule has 0 aliphatic carbocycles. The predicted octanol–water partition coefficient (Wildman–Crippen LogP) is 4.30. The van der Waals surface area contributed by atoms with Crippen LogP contribution in [0, 0.1) is 11.3 Å². The summed E-state index contributed by atoms with van der Waals surface area (Å²) in [6, 6.07) is 24.7. The molecule has 27 heavy (non-hydrogen) atoms. The van der Waals surface area contributed by atoms with Crippen LogP contribution in [0.5, 0.6) is 0 Å². The first-order chi connectivity index (χ1) is 13.2. The predicted molar refractivity (Wildman–Crippen MR) is 105 cm³/mol. The molecule has 0 aliphatic heterocycles. The van der Waals surface area contributed by atoms with Crippen molar-refractivity contribution in [2.45, 2.75) is 13.2 Å². The Labute approximate surface area is 159 Å². The van der Waals surface area contributed by atoms with Crippen LogP contribution in [0.3, 0.4) is 0 Å². The second kappa shape index (κ2) is 8.79. The van der Waals surface area contributed by atoms with Gasteiger partial charge >= 0.3 is 0 Å². The first-order valence-electron chi connectivity index (χ1n) is 8.67. The maximum atomic E-state index is 12.9. The van der Waals surface area contributed by atoms with E-state index in [-0.39, 0.29) is 5.91 Å². The van der Waals surface area contributed by atoms with Gasteiger partial charge in [-0.1, -0.05) is 60.7 Å². The smallest absolute Gasteiger partial charge is 0.252 e. The van der Waals surface area contributed by atoms with Crippen molar-refractivity contribution < 1.29 is 9.53 Å². The Morgan fingerprint density at radius 1 is 0.926 bits per heavy atom. The molecule has 0 aromatic heterocycles. The third kappa shape index (κ3) is 4.22. The molecule has 0 unspecified atom stereocenters. The van der Waals surface area contributed by atoms with Gasteiger partial charge in [0, 0.05) is 24.8 Å². The second-order valence-electron chi connectivity index (χ2n) is 6.09. The fourth-order valence-corrected chi connectivity index (χ4v) is 3.03. The molecule has 0 radical (unpaired) electrons. The second-order valence-corrected chi connectivity index (χ2v) is 6.09. The summed E-state index contributed by atoms with van der Waals surface area (Å²) in [4.78, 5) is 12.9. The summed E-state index contributed by atoms with van der Waals surface area (Å²) >= 11 is 0. The molecule has 4 heteroatoms. The van der Waals surface area contributed by atoms with Crippen molar-refractivity contribution in [2.75, 3.05) is 7.11 Å². The largest absolute Gasteiger partial charge is 0.380 e. The fourth-order valence-electron chi connectivity index (χ4n) is 3.03. The molecule has 0 spiro atoms. The van der Waals surface area contributed by atoms with Crippen LogP contribution >= 0.6 is 0 Å². The zero-order valence-electron chi connectivity index (χ0n) is 15.1. The van der Waals surface area contributed by atoms with E-state index in [1.807, 2.05) is 60.7 Å². The monoisotopic (exact) mass is 356 g/mol. The number of carbonyl (C=O) groups is 1. The average molecular weight is 356 g/mol. The standard InChI is InChI=1S/C23H20N2O2/c1-27-16-19-10-3-2-9-18(19)15-25-23(26)22-13-7-6-12-21(22)20-11-5-4-8-17(20)14-24/h2-13H,15-16H2,1H3,(H,25,26). The molecule has 3 aromatic carbocycles. The van der Waals surface area contributed by atoms with E-state index in [1.54, 1.807) is 19.2 Å². The fraction of sp³-hybridized carbons (Fsp3) is 0.130. The molecule has 0 saturated carbocycles. The van der Waals surface area contributed by atoms with E-state index in [2.05, 4.69) is 11.4 Å². The Balaban J connectivity index is 1.86. The molecular weight excluding hydrogens is 336 g/mol. The molecule has 0 saturated heterocycles. The molecule has 0 aliphatic rings. The highest BCUT2D eigenvalue weighted by Crippen LogP contribution is 2.27. The van der Waals surface area contributed by atoms with Crippen molar-refractivity contribution in [2.24, 2.45) is 0 Å². The Kier molecular flexibility index (Phi) is 5.98. The lowest BCUT2D eigenvalue weighted by atomic mass is 9.95. The van der Waals surface area contributed by atoms with Gasteiger partial charge in [-0.2, -0.15) is 5.26 Å². The number of hydrogen-bond acceptors (Lipinski definition) is 3. The van der Waals surface area contributed by atoms with Gasteiger partial charge < -0.3 is 10.1 Å². The van der Waals surface area contributed by atoms with Gasteiger partial charge in [-0.25, -0.2) is 0 Å². The van der Waals surface area contributed by atoms with E-state index in [4.69, 9.17) is 4.74 Å². The summed E-state index contributed by atoms with van der Waals surface area (Å²) in [6.45, 7) is 0.908. The Hall–Kier alpha value is -3.42. The highest BCUT2D eigenvalue weighted by Gasteiger charge is 2.15. The minimum atomic E-state index is -0.175. The Morgan fingerprint density at radius 2 is 1.56 bits per heavy atom. The summed E-state index contributed by atoms with van der Waals surface area (Å²) in [7, 11) is 1.65. The number of nitrogens with zero attached hydrogens (tertiary/aromatic N) is 1. The summed E-state index contributed by atoms with van der Waals surface area (Å²) in [5.41, 5.74) is 4.65. The van der Waals surface area contributed by atoms with Crippen molar-refractivity contribution in [1.29, 1.82) is 5.26 Å². The molecular formula is C23H20N2O2. The molecule has 1 amide bonds. The summed E-state index contributed by atoms with van der Waals surface area (Å²) in [6.07, 6.45) is 0. The van der Waals surface area contributed by atoms with Crippen LogP contribution in [0.4, 0.5) is 0 Å². The van der Waals surface area contributed by atoms with Crippen LogP contribution < -0.4 is 5.32 Å². The van der Waals surface area contributed by atoms with E-state index in [9.17, 15) is 10.1 Å². The maximum absolute atomic E-state index is 12.9. The van der Waals surface area contributed by atoms with Gasteiger partial charge in [-0.05, 0) is 28.8 Å². The van der Waals surface area contributed by atoms with E-state index in [1.165, 1.54) is 0 Å². The van der Waals surface area contributed by atoms with Gasteiger partial charge in [0.25, 0.3) is 5.91 Å². The van der Waals surface area contributed by atoms with Crippen molar-refractivity contribution in [1.82, 2.24) is 5.32 Å². The quantitative estimate of drug-likeness (QED) is 0.716. The average Bonchev–Trinajstić information content (AvgIpc) is 2.73. The van der Waals surface area contributed by atoms with E-state index in [0.717, 1.165) is 22.3 Å². The first kappa shape index (κ1) is 18.4. The number of nitriles is 1. The van der Waals surface area contributed by atoms with Crippen LogP contribution in [0.2, 0.25) is 0 Å². The summed E-state index contributed by atoms with van der Waals surface area (Å²) in [5.74, 6) is -0.175. The van der Waals surface area contributed by atoms with Crippen molar-refractivity contribution >= 4 is 5.91 Å². The number of benzene rings is 3. The topological polar surface area (TPSA) is 62.1 Å². The number of methoxy groups -OCH3 is 1. The van der Waals surface area contributed by atoms with Crippen molar-refractivity contribution in [3.8, 4) is 17.2 Å². The molecule has 0 heterocycles. The third-order valence-corrected chi connectivity index (χ3v) is 4.37. The summed E-state index contributed by atoms with van der Waals surface area (Å²) < 4.78 is 5.22. The van der Waals surface area contributed by atoms with Crippen LogP contribution in [0.25, 0.3) is 11.1 Å².